The number of benzene rings is 1. The summed E-state index contributed by atoms with van der Waals surface area (Å²) in [6.07, 6.45) is 19.3. The quantitative estimate of drug-likeness (QED) is 0.0766. The second-order valence-electron chi connectivity index (χ2n) is 11.0. The number of carbonyl (C=O) groups is 1. The molecule has 6 rings (SSSR count). The van der Waals surface area contributed by atoms with Crippen molar-refractivity contribution in [3.05, 3.63) is 76.9 Å². The van der Waals surface area contributed by atoms with Gasteiger partial charge in [-0.25, -0.2) is 4.98 Å². The number of anilines is 1. The average molecular weight is 829 g/mol. The van der Waals surface area contributed by atoms with Crippen LogP contribution in [0.15, 0.2) is 76.3 Å². The number of nitrogens with zero attached hydrogens (tertiary/aromatic N) is 11. The lowest BCUT2D eigenvalue weighted by Crippen LogP contribution is -2.15. The van der Waals surface area contributed by atoms with Crippen molar-refractivity contribution >= 4 is 11.6 Å². The van der Waals surface area contributed by atoms with Gasteiger partial charge in [-0.15, -0.1) is 23.0 Å². The number of amides is 1. The highest BCUT2D eigenvalue weighted by Crippen LogP contribution is 2.39. The predicted octanol–water partition coefficient (Wildman–Crippen LogP) is 4.68. The summed E-state index contributed by atoms with van der Waals surface area (Å²) in [7, 11) is 0. The number of hydrazine groups is 1. The lowest BCUT2D eigenvalue weighted by atomic mass is 10.1. The normalized spacial score (nSPS) is 10.3. The number of hydrogen-bond acceptors (Lipinski definition) is 10. The molecule has 0 unspecified atom stereocenters. The van der Waals surface area contributed by atoms with Gasteiger partial charge < -0.3 is 35.1 Å². The van der Waals surface area contributed by atoms with Gasteiger partial charge in [0, 0.05) is 64.2 Å². The van der Waals surface area contributed by atoms with Crippen LogP contribution in [-0.4, -0.2) is 46.8 Å². The zero-order chi connectivity index (χ0) is 44.0. The van der Waals surface area contributed by atoms with Gasteiger partial charge in [0.1, 0.15) is 23.9 Å². The van der Waals surface area contributed by atoms with Gasteiger partial charge in [-0.1, -0.05) is 11.3 Å². The summed E-state index contributed by atoms with van der Waals surface area (Å²) >= 11 is 0. The average Bonchev–Trinajstić information content (AvgIpc) is 3.88. The standard InChI is InChI=1S/C22H19N7O2.C22H2.H3N7O2.8H2/c30-22(18-10-15(6-7-23-18)29-11-19(24-12-29)14-4-5-14)26-17-3-1-2-16-20(17)31-9-8-28-13-25-27-21(16)28;1-3-5-7-9-11-13-15-17-19-21-22-20-18-16-14-12-10-8-6-4-2;1-2-3-4-5-6-7(8)9;;;;;;;;/h1-3,6-7,10-14H,4-5,8-9H2,(H,26,30);1-2H;(H2,1,3,5)(H,2,4,6);8*1H. The highest BCUT2D eigenvalue weighted by atomic mass is 16.7. The first-order chi connectivity index (χ1) is 30.4. The third-order valence-corrected chi connectivity index (χ3v) is 7.04. The monoisotopic (exact) mass is 828 g/mol. The molecule has 0 spiro atoms. The molecule has 3 aromatic heterocycles. The maximum Gasteiger partial charge on any atom is 0.274 e. The summed E-state index contributed by atoms with van der Waals surface area (Å²) in [5.41, 5.74) is 4.97. The van der Waals surface area contributed by atoms with Gasteiger partial charge in [0.2, 0.25) is 0 Å². The Kier molecular flexibility index (Phi) is 18.1. The summed E-state index contributed by atoms with van der Waals surface area (Å²) < 4.78 is 9.81. The molecular weight excluding hydrogens is 789 g/mol. The number of nitro groups is 1. The SMILES string of the molecule is C#CC#CC#CC#CC#CC#CC#CC#CC#CC#CC#C.NN=NN=NN[N+](=O)[O-].O=C(Nc1cccc2c1OCCn1cnnc1-2)c1cc(-n2cnc(C3CC3)c2)ccn1.[HH].[HH].[HH].[HH].[HH].[HH].[HH].[HH]. The van der Waals surface area contributed by atoms with Crippen LogP contribution in [0.2, 0.25) is 0 Å². The molecule has 1 aliphatic heterocycles. The fourth-order valence-corrected chi connectivity index (χ4v) is 4.47. The maximum absolute atomic E-state index is 13.0. The molecule has 310 valence electrons. The largest absolute Gasteiger partial charge is 0.489 e. The van der Waals surface area contributed by atoms with E-state index in [0.29, 0.717) is 36.2 Å². The van der Waals surface area contributed by atoms with Crippen LogP contribution >= 0.6 is 0 Å². The van der Waals surface area contributed by atoms with Gasteiger partial charge in [0.15, 0.2) is 16.8 Å². The minimum absolute atomic E-state index is 0. The molecule has 62 heavy (non-hydrogen) atoms. The third-order valence-electron chi connectivity index (χ3n) is 7.04. The number of carbonyl (C=O) groups excluding carboxylic acids is 1. The number of para-hydroxylation sites is 1. The Morgan fingerprint density at radius 3 is 2.05 bits per heavy atom. The van der Waals surface area contributed by atoms with E-state index in [2.05, 4.69) is 171 Å². The smallest absolute Gasteiger partial charge is 0.274 e. The summed E-state index contributed by atoms with van der Waals surface area (Å²) in [6.45, 7) is 1.10. The molecule has 4 N–H and O–H groups in total. The summed E-state index contributed by atoms with van der Waals surface area (Å²) in [4.78, 5) is 31.1. The molecule has 18 heteroatoms. The van der Waals surface area contributed by atoms with Crippen molar-refractivity contribution in [1.29, 1.82) is 0 Å². The number of rotatable bonds is 7. The van der Waals surface area contributed by atoms with Crippen LogP contribution in [-0.2, 0) is 6.54 Å². The summed E-state index contributed by atoms with van der Waals surface area (Å²) in [5, 5.41) is 30.4. The van der Waals surface area contributed by atoms with Crippen LogP contribution in [0.5, 0.6) is 5.75 Å². The molecule has 1 aliphatic carbocycles. The van der Waals surface area contributed by atoms with Crippen molar-refractivity contribution in [1.82, 2.24) is 34.8 Å². The van der Waals surface area contributed by atoms with Gasteiger partial charge in [0.05, 0.1) is 40.5 Å². The number of imidazole rings is 1. The highest BCUT2D eigenvalue weighted by Gasteiger charge is 2.26. The Morgan fingerprint density at radius 2 is 1.48 bits per heavy atom. The Balaban J connectivity index is -0.000000323. The van der Waals surface area contributed by atoms with Crippen LogP contribution < -0.4 is 21.4 Å². The van der Waals surface area contributed by atoms with Crippen molar-refractivity contribution in [2.24, 2.45) is 26.7 Å². The molecule has 1 fully saturated rings. The van der Waals surface area contributed by atoms with E-state index in [4.69, 9.17) is 17.6 Å². The third kappa shape index (κ3) is 15.5. The molecule has 1 saturated carbocycles. The Hall–Kier alpha value is -10.7. The zero-order valence-corrected chi connectivity index (χ0v) is 31.9. The molecule has 0 saturated heterocycles. The van der Waals surface area contributed by atoms with Gasteiger partial charge >= 0.3 is 0 Å². The van der Waals surface area contributed by atoms with E-state index >= 15 is 0 Å². The van der Waals surface area contributed by atoms with Crippen molar-refractivity contribution < 1.29 is 26.0 Å². The van der Waals surface area contributed by atoms with Crippen molar-refractivity contribution in [2.75, 3.05) is 11.9 Å². The van der Waals surface area contributed by atoms with Crippen molar-refractivity contribution in [2.45, 2.75) is 25.3 Å². The number of fused-ring (bicyclic) bond motifs is 3. The number of pyridine rings is 1. The molecule has 0 bridgehead atoms. The van der Waals surface area contributed by atoms with Crippen LogP contribution in [0, 0.1) is 141 Å². The molecule has 0 radical (unpaired) electrons. The first-order valence-electron chi connectivity index (χ1n) is 17.2. The maximum atomic E-state index is 13.0. The van der Waals surface area contributed by atoms with E-state index < -0.39 is 5.03 Å². The Bertz CT molecular complexity index is 3020. The molecule has 2 aliphatic rings. The first kappa shape index (κ1) is 44.1. The number of terminal acetylenes is 2. The minimum Gasteiger partial charge on any atom is -0.489 e. The van der Waals surface area contributed by atoms with Gasteiger partial charge in [-0.3, -0.25) is 9.78 Å². The number of ether oxygens (including phenoxy) is 1. The Morgan fingerprint density at radius 1 is 0.871 bits per heavy atom. The number of nitrogens with one attached hydrogen (secondary N) is 2. The number of nitrogens with two attached hydrogens (primary N) is 1. The fraction of sp³-hybridized carbons (Fsp3) is 0.114. The molecule has 0 atom stereocenters. The molecule has 4 aromatic rings. The first-order valence-corrected chi connectivity index (χ1v) is 17.2. The fourth-order valence-electron chi connectivity index (χ4n) is 4.47. The lowest BCUT2D eigenvalue weighted by Gasteiger charge is -2.13. The number of hydrogen-bond donors (Lipinski definition) is 3. The summed E-state index contributed by atoms with van der Waals surface area (Å²) in [5.74, 6) is 54.2. The van der Waals surface area contributed by atoms with Crippen molar-refractivity contribution in [3.8, 4) is 154 Å². The van der Waals surface area contributed by atoms with E-state index in [1.54, 1.807) is 24.9 Å². The van der Waals surface area contributed by atoms with Crippen LogP contribution in [0.1, 0.15) is 46.4 Å². The predicted molar refractivity (Wildman–Crippen MR) is 241 cm³/mol. The topological polar surface area (TPSA) is 230 Å². The summed E-state index contributed by atoms with van der Waals surface area (Å²) in [6, 6.07) is 9.19. The second kappa shape index (κ2) is 25.5. The van der Waals surface area contributed by atoms with Crippen LogP contribution in [0.25, 0.3) is 17.1 Å². The van der Waals surface area contributed by atoms with Crippen LogP contribution in [0.3, 0.4) is 0 Å². The van der Waals surface area contributed by atoms with E-state index in [-0.39, 0.29) is 17.3 Å². The zero-order valence-electron chi connectivity index (χ0n) is 31.9. The van der Waals surface area contributed by atoms with E-state index in [1.807, 2.05) is 39.6 Å². The number of aromatic nitrogens is 6. The van der Waals surface area contributed by atoms with E-state index in [0.717, 1.165) is 22.8 Å². The van der Waals surface area contributed by atoms with Crippen molar-refractivity contribution in [3.63, 3.8) is 0 Å². The lowest BCUT2D eigenvalue weighted by molar-refractivity contribution is -0.546. The van der Waals surface area contributed by atoms with E-state index in [9.17, 15) is 14.9 Å². The molecule has 18 nitrogen and oxygen atoms in total. The highest BCUT2D eigenvalue weighted by molar-refractivity contribution is 6.04. The van der Waals surface area contributed by atoms with Crippen LogP contribution in [0.4, 0.5) is 5.69 Å². The molecule has 4 heterocycles. The van der Waals surface area contributed by atoms with Gasteiger partial charge in [-0.2, -0.15) is 0 Å². The second-order valence-corrected chi connectivity index (χ2v) is 11.0. The Labute approximate surface area is 367 Å². The molecule has 1 amide bonds. The van der Waals surface area contributed by atoms with Gasteiger partial charge in [-0.05, 0) is 132 Å². The van der Waals surface area contributed by atoms with Gasteiger partial charge in [0.25, 0.3) is 5.91 Å². The molecule has 1 aromatic carbocycles. The van der Waals surface area contributed by atoms with E-state index in [1.165, 1.54) is 18.4 Å². The molecular formula is C44H40N14O4. The minimum atomic E-state index is -0.907.